The summed E-state index contributed by atoms with van der Waals surface area (Å²) < 4.78 is 11.6. The molecule has 114 valence electrons. The minimum absolute atomic E-state index is 0.450. The Hall–Kier alpha value is -2.55. The van der Waals surface area contributed by atoms with Gasteiger partial charge in [-0.3, -0.25) is 4.79 Å². The summed E-state index contributed by atoms with van der Waals surface area (Å²) in [6, 6.07) is 13.5. The Balaban J connectivity index is 2.32. The molecule has 0 aliphatic rings. The lowest BCUT2D eigenvalue weighted by Crippen LogP contribution is -2.03. The predicted molar refractivity (Wildman–Crippen MR) is 87.7 cm³/mol. The molecule has 0 atom stereocenters. The highest BCUT2D eigenvalue weighted by Crippen LogP contribution is 2.34. The Morgan fingerprint density at radius 3 is 2.55 bits per heavy atom. The minimum Gasteiger partial charge on any atom is -0.490 e. The standard InChI is InChI=1S/C19H20O3/c1-3-8-17-11-16(13-20)12-18(21-4-2)19(17)22-14-15-9-6-5-7-10-15/h3,5-7,9-13H,1,4,8,14H2,2H3. The van der Waals surface area contributed by atoms with Crippen molar-refractivity contribution in [3.63, 3.8) is 0 Å². The van der Waals surface area contributed by atoms with Gasteiger partial charge in [0, 0.05) is 11.1 Å². The molecule has 0 bridgehead atoms. The summed E-state index contributed by atoms with van der Waals surface area (Å²) in [5.74, 6) is 1.27. The highest BCUT2D eigenvalue weighted by molar-refractivity contribution is 5.77. The lowest BCUT2D eigenvalue weighted by molar-refractivity contribution is 0.112. The summed E-state index contributed by atoms with van der Waals surface area (Å²) >= 11 is 0. The van der Waals surface area contributed by atoms with Crippen molar-refractivity contribution in [2.45, 2.75) is 20.0 Å². The van der Waals surface area contributed by atoms with Crippen molar-refractivity contribution in [1.82, 2.24) is 0 Å². The third-order valence-electron chi connectivity index (χ3n) is 3.18. The first-order valence-corrected chi connectivity index (χ1v) is 7.31. The minimum atomic E-state index is 0.450. The first-order valence-electron chi connectivity index (χ1n) is 7.31. The van der Waals surface area contributed by atoms with Gasteiger partial charge >= 0.3 is 0 Å². The lowest BCUT2D eigenvalue weighted by atomic mass is 10.1. The maximum atomic E-state index is 11.1. The van der Waals surface area contributed by atoms with Gasteiger partial charge in [-0.1, -0.05) is 36.4 Å². The van der Waals surface area contributed by atoms with Crippen LogP contribution in [0.1, 0.15) is 28.4 Å². The van der Waals surface area contributed by atoms with E-state index in [1.165, 1.54) is 0 Å². The smallest absolute Gasteiger partial charge is 0.165 e. The van der Waals surface area contributed by atoms with Crippen molar-refractivity contribution < 1.29 is 14.3 Å². The number of rotatable bonds is 8. The largest absolute Gasteiger partial charge is 0.490 e. The molecule has 0 fully saturated rings. The Kier molecular flexibility index (Phi) is 5.78. The van der Waals surface area contributed by atoms with Gasteiger partial charge in [0.05, 0.1) is 6.61 Å². The lowest BCUT2D eigenvalue weighted by Gasteiger charge is -2.16. The van der Waals surface area contributed by atoms with Crippen LogP contribution in [0.25, 0.3) is 0 Å². The SMILES string of the molecule is C=CCc1cc(C=O)cc(OCC)c1OCc1ccccc1. The maximum Gasteiger partial charge on any atom is 0.165 e. The number of aldehydes is 1. The van der Waals surface area contributed by atoms with Crippen LogP contribution in [-0.2, 0) is 13.0 Å². The molecule has 2 aromatic rings. The summed E-state index contributed by atoms with van der Waals surface area (Å²) in [6.07, 6.45) is 3.22. The van der Waals surface area contributed by atoms with E-state index in [9.17, 15) is 4.79 Å². The topological polar surface area (TPSA) is 35.5 Å². The molecule has 0 amide bonds. The molecular weight excluding hydrogens is 276 g/mol. The molecule has 22 heavy (non-hydrogen) atoms. The zero-order valence-electron chi connectivity index (χ0n) is 12.7. The summed E-state index contributed by atoms with van der Waals surface area (Å²) in [4.78, 5) is 11.1. The average molecular weight is 296 g/mol. The molecule has 0 heterocycles. The van der Waals surface area contributed by atoms with Crippen LogP contribution in [0.3, 0.4) is 0 Å². The summed E-state index contributed by atoms with van der Waals surface area (Å²) in [5, 5.41) is 0. The van der Waals surface area contributed by atoms with Crippen molar-refractivity contribution in [1.29, 1.82) is 0 Å². The molecule has 0 aromatic heterocycles. The fraction of sp³-hybridized carbons (Fsp3) is 0.211. The van der Waals surface area contributed by atoms with E-state index in [0.29, 0.717) is 36.7 Å². The molecule has 2 rings (SSSR count). The van der Waals surface area contributed by atoms with Crippen LogP contribution < -0.4 is 9.47 Å². The average Bonchev–Trinajstić information content (AvgIpc) is 2.55. The first-order chi connectivity index (χ1) is 10.8. The van der Waals surface area contributed by atoms with E-state index in [2.05, 4.69) is 6.58 Å². The molecular formula is C19H20O3. The molecule has 0 saturated heterocycles. The number of ether oxygens (including phenoxy) is 2. The fourth-order valence-electron chi connectivity index (χ4n) is 2.22. The number of hydrogen-bond acceptors (Lipinski definition) is 3. The maximum absolute atomic E-state index is 11.1. The van der Waals surface area contributed by atoms with E-state index in [1.807, 2.05) is 43.3 Å². The second kappa shape index (κ2) is 8.03. The van der Waals surface area contributed by atoms with Gasteiger partial charge in [0.25, 0.3) is 0 Å². The van der Waals surface area contributed by atoms with Crippen LogP contribution in [0.4, 0.5) is 0 Å². The zero-order chi connectivity index (χ0) is 15.8. The van der Waals surface area contributed by atoms with Crippen LogP contribution >= 0.6 is 0 Å². The van der Waals surface area contributed by atoms with Crippen molar-refractivity contribution in [3.05, 3.63) is 71.8 Å². The molecule has 0 radical (unpaired) electrons. The van der Waals surface area contributed by atoms with Gasteiger partial charge in [0.1, 0.15) is 12.9 Å². The predicted octanol–water partition coefficient (Wildman–Crippen LogP) is 4.21. The third-order valence-corrected chi connectivity index (χ3v) is 3.18. The summed E-state index contributed by atoms with van der Waals surface area (Å²) in [6.45, 7) is 6.63. The van der Waals surface area contributed by atoms with Gasteiger partial charge < -0.3 is 9.47 Å². The van der Waals surface area contributed by atoms with E-state index in [4.69, 9.17) is 9.47 Å². The second-order valence-corrected chi connectivity index (χ2v) is 4.83. The van der Waals surface area contributed by atoms with E-state index in [1.54, 1.807) is 12.1 Å². The number of carbonyl (C=O) groups is 1. The summed E-state index contributed by atoms with van der Waals surface area (Å²) in [5.41, 5.74) is 2.56. The Labute approximate surface area is 131 Å². The van der Waals surface area contributed by atoms with Crippen LogP contribution in [0.5, 0.6) is 11.5 Å². The zero-order valence-corrected chi connectivity index (χ0v) is 12.7. The van der Waals surface area contributed by atoms with E-state index < -0.39 is 0 Å². The Morgan fingerprint density at radius 1 is 1.14 bits per heavy atom. The molecule has 0 aliphatic heterocycles. The highest BCUT2D eigenvalue weighted by Gasteiger charge is 2.13. The fourth-order valence-corrected chi connectivity index (χ4v) is 2.22. The van der Waals surface area contributed by atoms with Gasteiger partial charge in [-0.05, 0) is 31.0 Å². The first kappa shape index (κ1) is 15.8. The molecule has 0 spiro atoms. The molecule has 0 aliphatic carbocycles. The van der Waals surface area contributed by atoms with Gasteiger partial charge in [-0.25, -0.2) is 0 Å². The highest BCUT2D eigenvalue weighted by atomic mass is 16.5. The monoisotopic (exact) mass is 296 g/mol. The van der Waals surface area contributed by atoms with E-state index in [0.717, 1.165) is 17.4 Å². The number of carbonyl (C=O) groups excluding carboxylic acids is 1. The van der Waals surface area contributed by atoms with Crippen LogP contribution in [0, 0.1) is 0 Å². The molecule has 3 nitrogen and oxygen atoms in total. The molecule has 0 saturated carbocycles. The van der Waals surface area contributed by atoms with Gasteiger partial charge in [-0.2, -0.15) is 0 Å². The van der Waals surface area contributed by atoms with E-state index >= 15 is 0 Å². The van der Waals surface area contributed by atoms with Crippen molar-refractivity contribution in [3.8, 4) is 11.5 Å². The van der Waals surface area contributed by atoms with Crippen molar-refractivity contribution in [2.24, 2.45) is 0 Å². The van der Waals surface area contributed by atoms with Crippen molar-refractivity contribution in [2.75, 3.05) is 6.61 Å². The normalized spacial score (nSPS) is 10.0. The van der Waals surface area contributed by atoms with Gasteiger partial charge in [-0.15, -0.1) is 6.58 Å². The Bertz CT molecular complexity index is 633. The molecule has 3 heteroatoms. The molecule has 0 N–H and O–H groups in total. The van der Waals surface area contributed by atoms with Crippen molar-refractivity contribution >= 4 is 6.29 Å². The van der Waals surface area contributed by atoms with Crippen LogP contribution in [-0.4, -0.2) is 12.9 Å². The Morgan fingerprint density at radius 2 is 1.91 bits per heavy atom. The van der Waals surface area contributed by atoms with Crippen LogP contribution in [0.2, 0.25) is 0 Å². The number of allylic oxidation sites excluding steroid dienone is 1. The molecule has 0 unspecified atom stereocenters. The number of hydrogen-bond donors (Lipinski definition) is 0. The third kappa shape index (κ3) is 3.98. The van der Waals surface area contributed by atoms with Crippen LogP contribution in [0.15, 0.2) is 55.1 Å². The van der Waals surface area contributed by atoms with Gasteiger partial charge in [0.2, 0.25) is 0 Å². The van der Waals surface area contributed by atoms with E-state index in [-0.39, 0.29) is 0 Å². The summed E-state index contributed by atoms with van der Waals surface area (Å²) in [7, 11) is 0. The van der Waals surface area contributed by atoms with Gasteiger partial charge in [0.15, 0.2) is 11.5 Å². The molecule has 2 aromatic carbocycles. The number of benzene rings is 2. The quantitative estimate of drug-likeness (QED) is 0.541. The second-order valence-electron chi connectivity index (χ2n) is 4.83.